The molecular formula is C28H25ClN4O2S. The van der Waals surface area contributed by atoms with Crippen LogP contribution in [-0.2, 0) is 17.2 Å². The summed E-state index contributed by atoms with van der Waals surface area (Å²) in [6.07, 6.45) is 0. The summed E-state index contributed by atoms with van der Waals surface area (Å²) < 4.78 is 7.74. The van der Waals surface area contributed by atoms with Crippen molar-refractivity contribution in [2.24, 2.45) is 0 Å². The van der Waals surface area contributed by atoms with Crippen molar-refractivity contribution in [3.8, 4) is 5.75 Å². The Hall–Kier alpha value is -3.55. The van der Waals surface area contributed by atoms with Crippen molar-refractivity contribution in [3.63, 3.8) is 0 Å². The largest absolute Gasteiger partial charge is 0.489 e. The molecule has 0 amide bonds. The van der Waals surface area contributed by atoms with Crippen LogP contribution in [0.3, 0.4) is 0 Å². The average molecular weight is 517 g/mol. The lowest BCUT2D eigenvalue weighted by Crippen LogP contribution is -2.27. The molecule has 0 saturated heterocycles. The van der Waals surface area contributed by atoms with Gasteiger partial charge in [0, 0.05) is 22.0 Å². The predicted molar refractivity (Wildman–Crippen MR) is 143 cm³/mol. The maximum absolute atomic E-state index is 12.7. The molecule has 5 rings (SSSR count). The lowest BCUT2D eigenvalue weighted by Gasteiger charge is -2.28. The molecule has 0 saturated carbocycles. The zero-order chi connectivity index (χ0) is 25.1. The summed E-state index contributed by atoms with van der Waals surface area (Å²) in [5.74, 6) is 2.00. The fourth-order valence-corrected chi connectivity index (χ4v) is 5.32. The minimum atomic E-state index is -0.385. The molecule has 0 bridgehead atoms. The SMILES string of the molecule is CC(=O)C1=C(C)Nc2nc(SCc3ccccc3Cl)nn2C1c1ccc(OCc2ccccc2)cc1. The number of hydrogen-bond acceptors (Lipinski definition) is 6. The number of Topliss-reactive ketones (excluding diaryl/α,β-unsaturated/α-hetero) is 1. The van der Waals surface area contributed by atoms with Crippen molar-refractivity contribution in [3.05, 3.63) is 112 Å². The highest BCUT2D eigenvalue weighted by Crippen LogP contribution is 2.37. The Labute approximate surface area is 219 Å². The summed E-state index contributed by atoms with van der Waals surface area (Å²) >= 11 is 7.82. The number of aromatic nitrogens is 3. The van der Waals surface area contributed by atoms with Crippen LogP contribution in [-0.4, -0.2) is 20.5 Å². The number of ketones is 1. The Morgan fingerprint density at radius 1 is 1.06 bits per heavy atom. The standard InChI is InChI=1S/C28H25ClN4O2S/c1-18-25(19(2)34)26(21-12-14-23(15-13-21)35-16-20-8-4-3-5-9-20)33-27(30-18)31-28(32-33)36-17-22-10-6-7-11-24(22)29/h3-15,26H,16-17H2,1-2H3,(H,30,31,32). The van der Waals surface area contributed by atoms with Gasteiger partial charge in [-0.25, -0.2) is 4.68 Å². The molecule has 182 valence electrons. The van der Waals surface area contributed by atoms with E-state index in [0.717, 1.165) is 33.2 Å². The van der Waals surface area contributed by atoms with E-state index in [0.29, 0.717) is 29.0 Å². The fraction of sp³-hybridized carbons (Fsp3) is 0.179. The molecule has 36 heavy (non-hydrogen) atoms. The van der Waals surface area contributed by atoms with Gasteiger partial charge < -0.3 is 10.1 Å². The number of carbonyl (C=O) groups excluding carboxylic acids is 1. The van der Waals surface area contributed by atoms with Crippen LogP contribution < -0.4 is 10.1 Å². The van der Waals surface area contributed by atoms with Crippen LogP contribution >= 0.6 is 23.4 Å². The molecule has 1 atom stereocenters. The lowest BCUT2D eigenvalue weighted by molar-refractivity contribution is -0.114. The van der Waals surface area contributed by atoms with Crippen molar-refractivity contribution in [1.29, 1.82) is 0 Å². The Morgan fingerprint density at radius 3 is 2.50 bits per heavy atom. The molecule has 0 aliphatic carbocycles. The minimum Gasteiger partial charge on any atom is -0.489 e. The number of ether oxygens (including phenoxy) is 1. The average Bonchev–Trinajstić information content (AvgIpc) is 3.29. The van der Waals surface area contributed by atoms with Crippen LogP contribution in [0.4, 0.5) is 5.95 Å². The molecule has 0 fully saturated rings. The first-order chi connectivity index (χ1) is 17.5. The van der Waals surface area contributed by atoms with E-state index in [4.69, 9.17) is 21.4 Å². The summed E-state index contributed by atoms with van der Waals surface area (Å²) in [5, 5.41) is 9.35. The Kier molecular flexibility index (Phi) is 7.11. The third-order valence-electron chi connectivity index (χ3n) is 5.97. The molecule has 0 radical (unpaired) electrons. The minimum absolute atomic E-state index is 0.0131. The maximum Gasteiger partial charge on any atom is 0.227 e. The molecule has 8 heteroatoms. The number of carbonyl (C=O) groups is 1. The Morgan fingerprint density at radius 2 is 1.78 bits per heavy atom. The van der Waals surface area contributed by atoms with Gasteiger partial charge in [-0.05, 0) is 48.7 Å². The number of nitrogens with zero attached hydrogens (tertiary/aromatic N) is 3. The van der Waals surface area contributed by atoms with Gasteiger partial charge in [0.1, 0.15) is 18.4 Å². The van der Waals surface area contributed by atoms with E-state index in [1.807, 2.05) is 85.8 Å². The van der Waals surface area contributed by atoms with E-state index in [-0.39, 0.29) is 11.8 Å². The number of nitrogens with one attached hydrogen (secondary N) is 1. The zero-order valence-electron chi connectivity index (χ0n) is 19.9. The molecule has 1 aliphatic heterocycles. The third-order valence-corrected chi connectivity index (χ3v) is 7.23. The van der Waals surface area contributed by atoms with Gasteiger partial charge in [-0.15, -0.1) is 5.10 Å². The van der Waals surface area contributed by atoms with E-state index in [2.05, 4.69) is 10.3 Å². The molecular weight excluding hydrogens is 492 g/mol. The van der Waals surface area contributed by atoms with Crippen molar-refractivity contribution >= 4 is 35.1 Å². The van der Waals surface area contributed by atoms with E-state index in [9.17, 15) is 4.79 Å². The van der Waals surface area contributed by atoms with Gasteiger partial charge in [0.15, 0.2) is 5.78 Å². The second kappa shape index (κ2) is 10.6. The highest BCUT2D eigenvalue weighted by atomic mass is 35.5. The maximum atomic E-state index is 12.7. The fourth-order valence-electron chi connectivity index (χ4n) is 4.20. The second-order valence-electron chi connectivity index (χ2n) is 8.51. The summed E-state index contributed by atoms with van der Waals surface area (Å²) in [7, 11) is 0. The third kappa shape index (κ3) is 5.17. The number of benzene rings is 3. The summed E-state index contributed by atoms with van der Waals surface area (Å²) in [4.78, 5) is 17.4. The zero-order valence-corrected chi connectivity index (χ0v) is 21.5. The van der Waals surface area contributed by atoms with E-state index < -0.39 is 0 Å². The number of thioether (sulfide) groups is 1. The summed E-state index contributed by atoms with van der Waals surface area (Å²) in [5.41, 5.74) is 4.49. The molecule has 4 aromatic rings. The smallest absolute Gasteiger partial charge is 0.227 e. The quantitative estimate of drug-likeness (QED) is 0.263. The van der Waals surface area contributed by atoms with Crippen LogP contribution in [0, 0.1) is 0 Å². The number of anilines is 1. The van der Waals surface area contributed by atoms with Gasteiger partial charge in [-0.2, -0.15) is 4.98 Å². The van der Waals surface area contributed by atoms with Crippen molar-refractivity contribution in [1.82, 2.24) is 14.8 Å². The summed E-state index contributed by atoms with van der Waals surface area (Å²) in [6.45, 7) is 3.97. The van der Waals surface area contributed by atoms with Crippen molar-refractivity contribution in [2.75, 3.05) is 5.32 Å². The normalized spacial score (nSPS) is 14.8. The van der Waals surface area contributed by atoms with Gasteiger partial charge in [0.05, 0.1) is 0 Å². The Bertz CT molecular complexity index is 1420. The van der Waals surface area contributed by atoms with E-state index >= 15 is 0 Å². The van der Waals surface area contributed by atoms with E-state index in [1.54, 1.807) is 11.6 Å². The van der Waals surface area contributed by atoms with Crippen LogP contribution in [0.15, 0.2) is 95.3 Å². The molecule has 0 spiro atoms. The van der Waals surface area contributed by atoms with Gasteiger partial charge in [0.2, 0.25) is 11.1 Å². The highest BCUT2D eigenvalue weighted by Gasteiger charge is 2.32. The molecule has 2 heterocycles. The molecule has 1 aliphatic rings. The molecule has 1 N–H and O–H groups in total. The van der Waals surface area contributed by atoms with E-state index in [1.165, 1.54) is 11.8 Å². The van der Waals surface area contributed by atoms with Gasteiger partial charge in [-0.3, -0.25) is 4.79 Å². The number of fused-ring (bicyclic) bond motifs is 1. The number of hydrogen-bond donors (Lipinski definition) is 1. The monoisotopic (exact) mass is 516 g/mol. The van der Waals surface area contributed by atoms with Crippen LogP contribution in [0.2, 0.25) is 5.02 Å². The predicted octanol–water partition coefficient (Wildman–Crippen LogP) is 6.68. The lowest BCUT2D eigenvalue weighted by atomic mass is 9.93. The van der Waals surface area contributed by atoms with Gasteiger partial charge in [-0.1, -0.05) is 84.0 Å². The number of halogens is 1. The molecule has 1 unspecified atom stereocenters. The number of rotatable bonds is 8. The first kappa shape index (κ1) is 24.2. The summed E-state index contributed by atoms with van der Waals surface area (Å²) in [6, 6.07) is 25.2. The topological polar surface area (TPSA) is 69.0 Å². The van der Waals surface area contributed by atoms with Gasteiger partial charge >= 0.3 is 0 Å². The molecule has 6 nitrogen and oxygen atoms in total. The Balaban J connectivity index is 1.39. The molecule has 1 aromatic heterocycles. The van der Waals surface area contributed by atoms with Crippen molar-refractivity contribution in [2.45, 2.75) is 37.4 Å². The van der Waals surface area contributed by atoms with Crippen molar-refractivity contribution < 1.29 is 9.53 Å². The van der Waals surface area contributed by atoms with Crippen LogP contribution in [0.25, 0.3) is 0 Å². The van der Waals surface area contributed by atoms with Crippen LogP contribution in [0.1, 0.15) is 36.6 Å². The first-order valence-corrected chi connectivity index (χ1v) is 12.9. The highest BCUT2D eigenvalue weighted by molar-refractivity contribution is 7.98. The van der Waals surface area contributed by atoms with Gasteiger partial charge in [0.25, 0.3) is 0 Å². The van der Waals surface area contributed by atoms with Crippen LogP contribution in [0.5, 0.6) is 5.75 Å². The second-order valence-corrected chi connectivity index (χ2v) is 9.86. The molecule has 3 aromatic carbocycles. The first-order valence-electron chi connectivity index (χ1n) is 11.6. The number of allylic oxidation sites excluding steroid dienone is 2.